The van der Waals surface area contributed by atoms with E-state index in [1.165, 1.54) is 334 Å². The second-order valence-corrected chi connectivity index (χ2v) is 24.9. The lowest BCUT2D eigenvalue weighted by atomic mass is 10.0. The molecule has 0 saturated carbocycles. The van der Waals surface area contributed by atoms with Gasteiger partial charge in [-0.3, -0.25) is 9.59 Å². The highest BCUT2D eigenvalue weighted by Gasteiger charge is 2.20. The van der Waals surface area contributed by atoms with Crippen molar-refractivity contribution in [3.8, 4) is 0 Å². The molecule has 0 saturated heterocycles. The van der Waals surface area contributed by atoms with Crippen molar-refractivity contribution < 1.29 is 24.5 Å². The van der Waals surface area contributed by atoms with Crippen LogP contribution in [-0.2, 0) is 14.3 Å². The van der Waals surface area contributed by atoms with Crippen LogP contribution >= 0.6 is 0 Å². The summed E-state index contributed by atoms with van der Waals surface area (Å²) in [5, 5.41) is 23.4. The van der Waals surface area contributed by atoms with Gasteiger partial charge in [0.1, 0.15) is 0 Å². The summed E-state index contributed by atoms with van der Waals surface area (Å²) in [4.78, 5) is 24.6. The maximum absolute atomic E-state index is 12.6. The molecule has 0 aliphatic heterocycles. The highest BCUT2D eigenvalue weighted by molar-refractivity contribution is 5.76. The van der Waals surface area contributed by atoms with Crippen molar-refractivity contribution in [1.82, 2.24) is 5.32 Å². The Morgan fingerprint density at radius 3 is 0.949 bits per heavy atom. The van der Waals surface area contributed by atoms with Crippen LogP contribution in [0.3, 0.4) is 0 Å². The topological polar surface area (TPSA) is 95.9 Å². The van der Waals surface area contributed by atoms with E-state index in [1.807, 2.05) is 0 Å². The Hall–Kier alpha value is -1.40. The van der Waals surface area contributed by atoms with Gasteiger partial charge in [0, 0.05) is 12.8 Å². The van der Waals surface area contributed by atoms with E-state index in [2.05, 4.69) is 31.3 Å². The molecule has 464 valence electrons. The average molecular weight is 1100 g/mol. The first-order chi connectivity index (χ1) is 38.5. The van der Waals surface area contributed by atoms with Crippen LogP contribution in [0.25, 0.3) is 0 Å². The second-order valence-electron chi connectivity index (χ2n) is 24.9. The van der Waals surface area contributed by atoms with E-state index in [0.29, 0.717) is 25.9 Å². The highest BCUT2D eigenvalue weighted by Crippen LogP contribution is 2.20. The van der Waals surface area contributed by atoms with Crippen molar-refractivity contribution in [3.63, 3.8) is 0 Å². The molecule has 0 aromatic heterocycles. The van der Waals surface area contributed by atoms with Crippen molar-refractivity contribution in [2.75, 3.05) is 13.2 Å². The molecule has 0 rings (SSSR count). The summed E-state index contributed by atoms with van der Waals surface area (Å²) in [6, 6.07) is -0.539. The van der Waals surface area contributed by atoms with Gasteiger partial charge in [0.15, 0.2) is 0 Å². The molecule has 0 aliphatic rings. The van der Waals surface area contributed by atoms with Crippen molar-refractivity contribution in [3.05, 3.63) is 12.2 Å². The predicted octanol–water partition coefficient (Wildman–Crippen LogP) is 23.1. The number of allylic oxidation sites excluding steroid dienone is 2. The van der Waals surface area contributed by atoms with Crippen LogP contribution < -0.4 is 5.32 Å². The van der Waals surface area contributed by atoms with Gasteiger partial charge < -0.3 is 20.3 Å². The first-order valence-corrected chi connectivity index (χ1v) is 35.9. The lowest BCUT2D eigenvalue weighted by Gasteiger charge is -2.22. The molecule has 3 N–H and O–H groups in total. The lowest BCUT2D eigenvalue weighted by molar-refractivity contribution is -0.143. The molecule has 0 aliphatic carbocycles. The van der Waals surface area contributed by atoms with E-state index in [0.717, 1.165) is 44.9 Å². The number of rotatable bonds is 68. The van der Waals surface area contributed by atoms with Crippen LogP contribution in [0, 0.1) is 0 Å². The van der Waals surface area contributed by atoms with Gasteiger partial charge in [0.25, 0.3) is 0 Å². The van der Waals surface area contributed by atoms with Crippen LogP contribution in [0.5, 0.6) is 0 Å². The number of carbonyl (C=O) groups excluding carboxylic acids is 2. The minimum atomic E-state index is -0.663. The number of carbonyl (C=O) groups is 2. The standard InChI is InChI=1S/C72H141NO5/c1-3-5-7-9-11-13-15-16-17-18-19-20-29-32-35-38-41-45-48-52-56-60-64-70(75)69(68-74)73-71(76)65-61-57-53-49-46-42-39-36-33-30-27-25-23-21-22-24-26-28-31-34-37-40-43-47-51-55-59-63-67-78-72(77)66-62-58-54-50-44-14-12-10-8-6-4-2/h10,12,69-70,74-75H,3-9,11,13-68H2,1-2H3,(H,73,76)/b12-10-. The van der Waals surface area contributed by atoms with E-state index in [4.69, 9.17) is 4.74 Å². The third-order valence-corrected chi connectivity index (χ3v) is 17.1. The first kappa shape index (κ1) is 76.6. The van der Waals surface area contributed by atoms with E-state index < -0.39 is 12.1 Å². The summed E-state index contributed by atoms with van der Waals surface area (Å²) in [5.74, 6) is -0.0180. The zero-order chi connectivity index (χ0) is 56.4. The number of aliphatic hydroxyl groups excluding tert-OH is 2. The molecule has 0 bridgehead atoms. The van der Waals surface area contributed by atoms with Gasteiger partial charge in [-0.2, -0.15) is 0 Å². The molecule has 0 aromatic rings. The van der Waals surface area contributed by atoms with Gasteiger partial charge in [-0.1, -0.05) is 366 Å². The Morgan fingerprint density at radius 2 is 0.615 bits per heavy atom. The molecule has 2 unspecified atom stereocenters. The van der Waals surface area contributed by atoms with Crippen LogP contribution in [-0.4, -0.2) is 47.4 Å². The van der Waals surface area contributed by atoms with Gasteiger partial charge in [-0.05, 0) is 44.9 Å². The predicted molar refractivity (Wildman–Crippen MR) is 343 cm³/mol. The smallest absolute Gasteiger partial charge is 0.305 e. The number of hydrogen-bond acceptors (Lipinski definition) is 5. The molecular weight excluding hydrogens is 959 g/mol. The van der Waals surface area contributed by atoms with Crippen molar-refractivity contribution in [2.45, 2.75) is 424 Å². The molecule has 78 heavy (non-hydrogen) atoms. The monoisotopic (exact) mass is 1100 g/mol. The van der Waals surface area contributed by atoms with Crippen LogP contribution in [0.2, 0.25) is 0 Å². The maximum Gasteiger partial charge on any atom is 0.305 e. The Labute approximate surface area is 489 Å². The van der Waals surface area contributed by atoms with Crippen LogP contribution in [0.4, 0.5) is 0 Å². The summed E-state index contributed by atoms with van der Waals surface area (Å²) in [5.41, 5.74) is 0. The van der Waals surface area contributed by atoms with Crippen molar-refractivity contribution in [2.24, 2.45) is 0 Å². The average Bonchev–Trinajstić information content (AvgIpc) is 3.44. The quantitative estimate of drug-likeness (QED) is 0.0320. The van der Waals surface area contributed by atoms with Gasteiger partial charge >= 0.3 is 5.97 Å². The van der Waals surface area contributed by atoms with Gasteiger partial charge in [-0.25, -0.2) is 0 Å². The Morgan fingerprint density at radius 1 is 0.346 bits per heavy atom. The van der Waals surface area contributed by atoms with E-state index in [1.54, 1.807) is 0 Å². The molecule has 1 amide bonds. The summed E-state index contributed by atoms with van der Waals surface area (Å²) in [7, 11) is 0. The largest absolute Gasteiger partial charge is 0.466 e. The third kappa shape index (κ3) is 63.8. The fourth-order valence-electron chi connectivity index (χ4n) is 11.6. The lowest BCUT2D eigenvalue weighted by Crippen LogP contribution is -2.45. The van der Waals surface area contributed by atoms with E-state index >= 15 is 0 Å². The molecule has 0 heterocycles. The fraction of sp³-hybridized carbons (Fsp3) is 0.944. The second kappa shape index (κ2) is 68.1. The molecule has 0 radical (unpaired) electrons. The van der Waals surface area contributed by atoms with E-state index in [-0.39, 0.29) is 18.5 Å². The Balaban J connectivity index is 3.35. The number of ether oxygens (including phenoxy) is 1. The van der Waals surface area contributed by atoms with Crippen LogP contribution in [0.1, 0.15) is 412 Å². The number of hydrogen-bond donors (Lipinski definition) is 3. The third-order valence-electron chi connectivity index (χ3n) is 17.1. The molecule has 2 atom stereocenters. The number of esters is 1. The maximum atomic E-state index is 12.6. The molecule has 0 fully saturated rings. The fourth-order valence-corrected chi connectivity index (χ4v) is 11.6. The number of aliphatic hydroxyl groups is 2. The molecule has 6 heteroatoms. The molecular formula is C72H141NO5. The van der Waals surface area contributed by atoms with Gasteiger partial charge in [-0.15, -0.1) is 0 Å². The minimum absolute atomic E-state index is 0.00864. The number of unbranched alkanes of at least 4 members (excludes halogenated alkanes) is 55. The minimum Gasteiger partial charge on any atom is -0.466 e. The Kier molecular flexibility index (Phi) is 66.9. The van der Waals surface area contributed by atoms with Gasteiger partial charge in [0.05, 0.1) is 25.4 Å². The Bertz CT molecular complexity index is 1180. The normalized spacial score (nSPS) is 12.5. The zero-order valence-electron chi connectivity index (χ0n) is 53.2. The SMILES string of the molecule is CCCC/C=C\CCCCCCCC(=O)OCCCCCCCCCCCCCCCCCCCCCCCCCCCCCCC(=O)NC(CO)C(O)CCCCCCCCCCCCCCCCCCCCCCCC. The summed E-state index contributed by atoms with van der Waals surface area (Å²) >= 11 is 0. The number of nitrogens with one attached hydrogen (secondary N) is 1. The zero-order valence-corrected chi connectivity index (χ0v) is 53.2. The number of amides is 1. The van der Waals surface area contributed by atoms with Crippen molar-refractivity contribution in [1.29, 1.82) is 0 Å². The molecule has 6 nitrogen and oxygen atoms in total. The highest BCUT2D eigenvalue weighted by atomic mass is 16.5. The molecule has 0 spiro atoms. The summed E-state index contributed by atoms with van der Waals surface area (Å²) in [6.45, 7) is 4.96. The van der Waals surface area contributed by atoms with Crippen LogP contribution in [0.15, 0.2) is 12.2 Å². The summed E-state index contributed by atoms with van der Waals surface area (Å²) in [6.07, 6.45) is 84.1. The molecule has 0 aromatic carbocycles. The van der Waals surface area contributed by atoms with Crippen molar-refractivity contribution >= 4 is 11.9 Å². The van der Waals surface area contributed by atoms with E-state index in [9.17, 15) is 19.8 Å². The van der Waals surface area contributed by atoms with Gasteiger partial charge in [0.2, 0.25) is 5.91 Å². The summed E-state index contributed by atoms with van der Waals surface area (Å²) < 4.78 is 5.47. The first-order valence-electron chi connectivity index (χ1n) is 35.9.